The maximum atomic E-state index is 13.8. The summed E-state index contributed by atoms with van der Waals surface area (Å²) in [6, 6.07) is 6.49. The number of aromatic nitrogens is 6. The molecule has 5 rings (SSSR count). The van der Waals surface area contributed by atoms with Gasteiger partial charge in [0.15, 0.2) is 0 Å². The van der Waals surface area contributed by atoms with Crippen molar-refractivity contribution >= 4 is 17.6 Å². The summed E-state index contributed by atoms with van der Waals surface area (Å²) in [6.45, 7) is 3.18. The van der Waals surface area contributed by atoms with Crippen molar-refractivity contribution in [2.45, 2.75) is 57.7 Å². The Morgan fingerprint density at radius 1 is 1.04 bits per heavy atom. The molecule has 17 heteroatoms. The summed E-state index contributed by atoms with van der Waals surface area (Å²) in [7, 11) is 1.39. The molecule has 0 aliphatic carbocycles. The maximum Gasteiger partial charge on any atom is 0.416 e. The third-order valence-corrected chi connectivity index (χ3v) is 7.48. The summed E-state index contributed by atoms with van der Waals surface area (Å²) in [5.41, 5.74) is -2.04. The summed E-state index contributed by atoms with van der Waals surface area (Å²) in [6.07, 6.45) is -8.66. The minimum Gasteiger partial charge on any atom is -0.481 e. The quantitative estimate of drug-likeness (QED) is 0.210. The fourth-order valence-corrected chi connectivity index (χ4v) is 5.38. The number of carbonyl (C=O) groups is 1. The lowest BCUT2D eigenvalue weighted by Gasteiger charge is -2.43. The molecular weight excluding hydrogens is 622 g/mol. The number of aromatic amines is 1. The van der Waals surface area contributed by atoms with E-state index >= 15 is 0 Å². The largest absolute Gasteiger partial charge is 0.481 e. The van der Waals surface area contributed by atoms with Crippen molar-refractivity contribution in [1.82, 2.24) is 30.6 Å². The van der Waals surface area contributed by atoms with Crippen LogP contribution in [-0.4, -0.2) is 56.4 Å². The number of nitrogens with zero attached hydrogens (tertiary/aromatic N) is 7. The molecule has 4 heterocycles. The van der Waals surface area contributed by atoms with Crippen molar-refractivity contribution in [3.05, 3.63) is 71.0 Å². The second-order valence-corrected chi connectivity index (χ2v) is 10.3. The van der Waals surface area contributed by atoms with Gasteiger partial charge in [-0.25, -0.2) is 14.8 Å². The molecule has 1 aliphatic heterocycles. The van der Waals surface area contributed by atoms with Crippen LogP contribution in [0.1, 0.15) is 55.1 Å². The Morgan fingerprint density at radius 3 is 2.30 bits per heavy atom. The summed E-state index contributed by atoms with van der Waals surface area (Å²) in [5, 5.41) is 13.7. The molecular formula is C29H28F6N8O3. The van der Waals surface area contributed by atoms with Crippen LogP contribution in [0.25, 0.3) is 11.4 Å². The fraction of sp³-hybridized carbons (Fsp3) is 0.379. The van der Waals surface area contributed by atoms with E-state index in [9.17, 15) is 31.1 Å². The van der Waals surface area contributed by atoms with E-state index in [1.165, 1.54) is 18.2 Å². The molecule has 1 aliphatic rings. The molecule has 1 aromatic carbocycles. The number of pyridine rings is 2. The van der Waals surface area contributed by atoms with Gasteiger partial charge in [-0.05, 0) is 66.9 Å². The van der Waals surface area contributed by atoms with Gasteiger partial charge in [0, 0.05) is 30.4 Å². The second kappa shape index (κ2) is 12.8. The lowest BCUT2D eigenvalue weighted by Crippen LogP contribution is -2.48. The lowest BCUT2D eigenvalue weighted by atomic mass is 9.91. The lowest BCUT2D eigenvalue weighted by molar-refractivity contribution is -0.143. The summed E-state index contributed by atoms with van der Waals surface area (Å²) < 4.78 is 93.5. The van der Waals surface area contributed by atoms with Crippen molar-refractivity contribution in [1.29, 1.82) is 0 Å². The van der Waals surface area contributed by atoms with E-state index < -0.39 is 48.2 Å². The Hall–Kier alpha value is -4.96. The minimum atomic E-state index is -5.04. The Bertz CT molecular complexity index is 1630. The van der Waals surface area contributed by atoms with Crippen molar-refractivity contribution in [3.63, 3.8) is 0 Å². The van der Waals surface area contributed by atoms with E-state index in [0.29, 0.717) is 35.5 Å². The molecule has 1 unspecified atom stereocenters. The molecule has 46 heavy (non-hydrogen) atoms. The zero-order valence-corrected chi connectivity index (χ0v) is 24.7. The highest BCUT2D eigenvalue weighted by Crippen LogP contribution is 2.44. The van der Waals surface area contributed by atoms with Gasteiger partial charge >= 0.3 is 18.4 Å². The van der Waals surface area contributed by atoms with Gasteiger partial charge in [0.05, 0.1) is 42.3 Å². The third kappa shape index (κ3) is 6.67. The number of ether oxygens (including phenoxy) is 2. The number of tetrazole rings is 1. The van der Waals surface area contributed by atoms with E-state index in [4.69, 9.17) is 9.47 Å². The highest BCUT2D eigenvalue weighted by molar-refractivity contribution is 5.90. The molecule has 0 saturated heterocycles. The van der Waals surface area contributed by atoms with Crippen molar-refractivity contribution in [3.8, 4) is 17.3 Å². The molecule has 4 aromatic rings. The molecule has 244 valence electrons. The number of rotatable bonds is 8. The van der Waals surface area contributed by atoms with Crippen LogP contribution in [0.15, 0.2) is 48.7 Å². The van der Waals surface area contributed by atoms with Gasteiger partial charge in [-0.3, -0.25) is 4.90 Å². The average molecular weight is 651 g/mol. The summed E-state index contributed by atoms with van der Waals surface area (Å²) in [4.78, 5) is 25.2. The molecule has 0 bridgehead atoms. The molecule has 0 spiro atoms. The number of alkyl halides is 6. The number of hydrogen-bond donors (Lipinski definition) is 1. The number of hydrogen-bond acceptors (Lipinski definition) is 9. The minimum absolute atomic E-state index is 0.0818. The van der Waals surface area contributed by atoms with Gasteiger partial charge < -0.3 is 14.4 Å². The number of amides is 1. The number of methoxy groups -OCH3 is 1. The van der Waals surface area contributed by atoms with Gasteiger partial charge in [-0.1, -0.05) is 6.92 Å². The van der Waals surface area contributed by atoms with Crippen molar-refractivity contribution in [2.24, 2.45) is 0 Å². The molecule has 1 amide bonds. The van der Waals surface area contributed by atoms with Crippen LogP contribution in [0.3, 0.4) is 0 Å². The predicted molar refractivity (Wildman–Crippen MR) is 152 cm³/mol. The van der Waals surface area contributed by atoms with Gasteiger partial charge in [0.1, 0.15) is 5.82 Å². The first-order valence-electron chi connectivity index (χ1n) is 14.1. The average Bonchev–Trinajstić information content (AvgIpc) is 3.57. The van der Waals surface area contributed by atoms with Gasteiger partial charge in [-0.2, -0.15) is 31.6 Å². The first-order chi connectivity index (χ1) is 21.8. The van der Waals surface area contributed by atoms with Gasteiger partial charge in [0.25, 0.3) is 0 Å². The van der Waals surface area contributed by atoms with E-state index in [1.54, 1.807) is 36.1 Å². The van der Waals surface area contributed by atoms with Crippen molar-refractivity contribution < 1.29 is 40.6 Å². The smallest absolute Gasteiger partial charge is 0.416 e. The monoisotopic (exact) mass is 650 g/mol. The van der Waals surface area contributed by atoms with E-state index in [2.05, 4.69) is 30.6 Å². The zero-order valence-electron chi connectivity index (χ0n) is 24.7. The molecule has 2 atom stereocenters. The van der Waals surface area contributed by atoms with Crippen LogP contribution < -0.4 is 14.5 Å². The number of H-pyrrole nitrogens is 1. The number of benzene rings is 1. The van der Waals surface area contributed by atoms with Crippen LogP contribution >= 0.6 is 0 Å². The number of carbonyl (C=O) groups excluding carboxylic acids is 1. The SMILES string of the molecule is CCOC(=O)N1c2ccc(OC)nc2C(N(Cc2cc(C(F)(F)F)cc(C(F)(F)F)c2)c2ccc(-c3nn[nH]n3)cn2)C[C@H]1CC. The Morgan fingerprint density at radius 2 is 1.76 bits per heavy atom. The second-order valence-electron chi connectivity index (χ2n) is 10.3. The molecule has 3 aromatic heterocycles. The normalized spacial score (nSPS) is 16.6. The fourth-order valence-electron chi connectivity index (χ4n) is 5.38. The van der Waals surface area contributed by atoms with E-state index in [-0.39, 0.29) is 42.2 Å². The van der Waals surface area contributed by atoms with Crippen LogP contribution in [0.2, 0.25) is 0 Å². The third-order valence-electron chi connectivity index (χ3n) is 7.48. The molecule has 0 radical (unpaired) electrons. The summed E-state index contributed by atoms with van der Waals surface area (Å²) in [5.74, 6) is 0.614. The molecule has 11 nitrogen and oxygen atoms in total. The Balaban J connectivity index is 1.68. The van der Waals surface area contributed by atoms with Gasteiger partial charge in [-0.15, -0.1) is 10.2 Å². The standard InChI is InChI=1S/C29H28F6N8O3/c1-4-20-13-22(25-21(7-9-24(37-25)45-3)43(20)27(44)46-5-2)42(23-8-6-17(14-36-23)26-38-40-41-39-26)15-16-10-18(28(30,31)32)12-19(11-16)29(33,34)35/h6-12,14,20,22H,4-5,13,15H2,1-3H3,(H,38,39,40,41)/t20-,22?/m1/s1. The molecule has 0 fully saturated rings. The molecule has 1 N–H and O–H groups in total. The topological polar surface area (TPSA) is 122 Å². The highest BCUT2D eigenvalue weighted by atomic mass is 19.4. The van der Waals surface area contributed by atoms with Crippen molar-refractivity contribution in [2.75, 3.05) is 23.5 Å². The van der Waals surface area contributed by atoms with Gasteiger partial charge in [0.2, 0.25) is 11.7 Å². The van der Waals surface area contributed by atoms with Crippen LogP contribution in [0, 0.1) is 0 Å². The maximum absolute atomic E-state index is 13.8. The number of fused-ring (bicyclic) bond motifs is 1. The number of halogens is 6. The first-order valence-corrected chi connectivity index (χ1v) is 14.1. The van der Waals surface area contributed by atoms with Crippen LogP contribution in [0.4, 0.5) is 42.6 Å². The Labute approximate surface area is 258 Å². The van der Waals surface area contributed by atoms with E-state index in [1.807, 2.05) is 6.92 Å². The summed E-state index contributed by atoms with van der Waals surface area (Å²) >= 11 is 0. The van der Waals surface area contributed by atoms with Crippen LogP contribution in [-0.2, 0) is 23.6 Å². The van der Waals surface area contributed by atoms with Crippen LogP contribution in [0.5, 0.6) is 5.88 Å². The number of anilines is 2. The van der Waals surface area contributed by atoms with E-state index in [0.717, 1.165) is 0 Å². The number of nitrogens with one attached hydrogen (secondary N) is 1. The Kier molecular flexibility index (Phi) is 9.03. The zero-order chi connectivity index (χ0) is 33.2. The first kappa shape index (κ1) is 32.4. The predicted octanol–water partition coefficient (Wildman–Crippen LogP) is 6.60. The highest BCUT2D eigenvalue weighted by Gasteiger charge is 2.41. The molecule has 0 saturated carbocycles.